The van der Waals surface area contributed by atoms with Gasteiger partial charge in [0.05, 0.1) is 26.8 Å². The topological polar surface area (TPSA) is 43.8 Å². The number of rotatable bonds is 1. The van der Waals surface area contributed by atoms with Gasteiger partial charge in [-0.25, -0.2) is 4.98 Å². The fourth-order valence-corrected chi connectivity index (χ4v) is 2.92. The molecule has 3 rings (SSSR count). The van der Waals surface area contributed by atoms with Gasteiger partial charge in [-0.05, 0) is 30.3 Å². The van der Waals surface area contributed by atoms with Crippen molar-refractivity contribution in [1.82, 2.24) is 9.55 Å². The maximum absolute atomic E-state index is 6.23. The van der Waals surface area contributed by atoms with Gasteiger partial charge in [0.2, 0.25) is 5.95 Å². The highest BCUT2D eigenvalue weighted by atomic mass is 79.9. The van der Waals surface area contributed by atoms with Crippen LogP contribution in [0.15, 0.2) is 40.9 Å². The predicted molar refractivity (Wildman–Crippen MR) is 83.2 cm³/mol. The SMILES string of the molecule is Nc1nc2ccc(Br)cc2n1-c1c(Cl)cccc1Cl. The number of nitrogens with two attached hydrogens (primary N) is 1. The predicted octanol–water partition coefficient (Wildman–Crippen LogP) is 4.68. The number of imidazole rings is 1. The standard InChI is InChI=1S/C13H8BrCl2N3/c14-7-4-5-10-11(6-7)19(13(17)18-10)12-8(15)2-1-3-9(12)16/h1-6H,(H2,17,18). The molecule has 3 nitrogen and oxygen atoms in total. The van der Waals surface area contributed by atoms with Crippen LogP contribution in [0.3, 0.4) is 0 Å². The van der Waals surface area contributed by atoms with Crippen LogP contribution in [0.5, 0.6) is 0 Å². The molecule has 0 saturated carbocycles. The number of hydrogen-bond donors (Lipinski definition) is 1. The van der Waals surface area contributed by atoms with Gasteiger partial charge in [0.1, 0.15) is 0 Å². The molecule has 0 amide bonds. The Kier molecular flexibility index (Phi) is 3.17. The largest absolute Gasteiger partial charge is 0.369 e. The van der Waals surface area contributed by atoms with Crippen molar-refractivity contribution in [3.8, 4) is 5.69 Å². The number of hydrogen-bond acceptors (Lipinski definition) is 2. The lowest BCUT2D eigenvalue weighted by Gasteiger charge is -2.10. The molecule has 19 heavy (non-hydrogen) atoms. The summed E-state index contributed by atoms with van der Waals surface area (Å²) < 4.78 is 2.69. The first kappa shape index (κ1) is 12.8. The lowest BCUT2D eigenvalue weighted by atomic mass is 10.2. The maximum Gasteiger partial charge on any atom is 0.206 e. The number of para-hydroxylation sites is 1. The Morgan fingerprint density at radius 3 is 2.47 bits per heavy atom. The van der Waals surface area contributed by atoms with Crippen LogP contribution in [0, 0.1) is 0 Å². The number of benzene rings is 2. The first-order valence-electron chi connectivity index (χ1n) is 5.46. The quantitative estimate of drug-likeness (QED) is 0.688. The number of aromatic nitrogens is 2. The molecule has 6 heteroatoms. The van der Waals surface area contributed by atoms with E-state index in [9.17, 15) is 0 Å². The second-order valence-electron chi connectivity index (χ2n) is 4.01. The minimum absolute atomic E-state index is 0.350. The summed E-state index contributed by atoms with van der Waals surface area (Å²) >= 11 is 15.9. The van der Waals surface area contributed by atoms with Crippen molar-refractivity contribution in [2.24, 2.45) is 0 Å². The summed E-state index contributed by atoms with van der Waals surface area (Å²) in [6.07, 6.45) is 0. The Balaban J connectivity index is 2.42. The van der Waals surface area contributed by atoms with Crippen LogP contribution in [-0.4, -0.2) is 9.55 Å². The van der Waals surface area contributed by atoms with Crippen molar-refractivity contribution >= 4 is 56.1 Å². The van der Waals surface area contributed by atoms with E-state index >= 15 is 0 Å². The third kappa shape index (κ3) is 2.10. The smallest absolute Gasteiger partial charge is 0.206 e. The van der Waals surface area contributed by atoms with Crippen LogP contribution < -0.4 is 5.73 Å². The fourth-order valence-electron chi connectivity index (χ4n) is 2.00. The molecule has 0 atom stereocenters. The third-order valence-electron chi connectivity index (χ3n) is 2.80. The number of nitrogens with zero attached hydrogens (tertiary/aromatic N) is 2. The number of nitrogen functional groups attached to an aromatic ring is 1. The van der Waals surface area contributed by atoms with Crippen LogP contribution in [0.1, 0.15) is 0 Å². The van der Waals surface area contributed by atoms with E-state index in [1.165, 1.54) is 0 Å². The van der Waals surface area contributed by atoms with Gasteiger partial charge in [-0.3, -0.25) is 4.57 Å². The molecular weight excluding hydrogens is 349 g/mol. The molecule has 0 aliphatic heterocycles. The second-order valence-corrected chi connectivity index (χ2v) is 5.74. The lowest BCUT2D eigenvalue weighted by Crippen LogP contribution is -2.02. The normalized spacial score (nSPS) is 11.1. The lowest BCUT2D eigenvalue weighted by molar-refractivity contribution is 1.11. The minimum Gasteiger partial charge on any atom is -0.369 e. The Labute approximate surface area is 128 Å². The highest BCUT2D eigenvalue weighted by Crippen LogP contribution is 2.34. The zero-order valence-corrected chi connectivity index (χ0v) is 12.7. The first-order chi connectivity index (χ1) is 9.08. The van der Waals surface area contributed by atoms with Gasteiger partial charge < -0.3 is 5.73 Å². The molecule has 0 fully saturated rings. The summed E-state index contributed by atoms with van der Waals surface area (Å²) in [5, 5.41) is 1.05. The van der Waals surface area contributed by atoms with Crippen LogP contribution in [0.25, 0.3) is 16.7 Å². The molecule has 0 bridgehead atoms. The first-order valence-corrected chi connectivity index (χ1v) is 7.00. The monoisotopic (exact) mass is 355 g/mol. The van der Waals surface area contributed by atoms with Crippen LogP contribution in [0.4, 0.5) is 5.95 Å². The summed E-state index contributed by atoms with van der Waals surface area (Å²) in [6, 6.07) is 11.1. The summed E-state index contributed by atoms with van der Waals surface area (Å²) in [5.41, 5.74) is 8.27. The highest BCUT2D eigenvalue weighted by Gasteiger charge is 2.15. The molecule has 3 aromatic rings. The van der Waals surface area contributed by atoms with Crippen molar-refractivity contribution in [3.63, 3.8) is 0 Å². The number of halogens is 3. The highest BCUT2D eigenvalue weighted by molar-refractivity contribution is 9.10. The van der Waals surface area contributed by atoms with E-state index in [1.54, 1.807) is 22.8 Å². The van der Waals surface area contributed by atoms with Gasteiger partial charge in [0.25, 0.3) is 0 Å². The Bertz CT molecular complexity index is 763. The van der Waals surface area contributed by atoms with E-state index in [-0.39, 0.29) is 0 Å². The molecule has 0 radical (unpaired) electrons. The Morgan fingerprint density at radius 1 is 1.11 bits per heavy atom. The number of anilines is 1. The zero-order valence-electron chi connectivity index (χ0n) is 9.57. The van der Waals surface area contributed by atoms with E-state index in [4.69, 9.17) is 28.9 Å². The van der Waals surface area contributed by atoms with E-state index in [0.29, 0.717) is 21.7 Å². The van der Waals surface area contributed by atoms with Crippen LogP contribution >= 0.6 is 39.1 Å². The van der Waals surface area contributed by atoms with Gasteiger partial charge >= 0.3 is 0 Å². The van der Waals surface area contributed by atoms with Gasteiger partial charge in [-0.2, -0.15) is 0 Å². The molecule has 96 valence electrons. The van der Waals surface area contributed by atoms with Crippen molar-refractivity contribution in [2.75, 3.05) is 5.73 Å². The van der Waals surface area contributed by atoms with E-state index in [1.807, 2.05) is 18.2 Å². The molecule has 0 aliphatic carbocycles. The van der Waals surface area contributed by atoms with Gasteiger partial charge in [-0.1, -0.05) is 45.2 Å². The van der Waals surface area contributed by atoms with Gasteiger partial charge in [-0.15, -0.1) is 0 Å². The van der Waals surface area contributed by atoms with Crippen molar-refractivity contribution < 1.29 is 0 Å². The summed E-state index contributed by atoms with van der Waals surface area (Å²) in [4.78, 5) is 4.32. The van der Waals surface area contributed by atoms with Crippen LogP contribution in [0.2, 0.25) is 10.0 Å². The Morgan fingerprint density at radius 2 is 1.79 bits per heavy atom. The average molecular weight is 357 g/mol. The summed E-state index contributed by atoms with van der Waals surface area (Å²) in [5.74, 6) is 0.350. The zero-order chi connectivity index (χ0) is 13.6. The number of fused-ring (bicyclic) bond motifs is 1. The Hall–Kier alpha value is -1.23. The van der Waals surface area contributed by atoms with E-state index in [2.05, 4.69) is 20.9 Å². The van der Waals surface area contributed by atoms with Gasteiger partial charge in [0, 0.05) is 4.47 Å². The molecule has 0 aliphatic rings. The van der Waals surface area contributed by atoms with Gasteiger partial charge in [0.15, 0.2) is 0 Å². The molecule has 1 heterocycles. The molecule has 1 aromatic heterocycles. The third-order valence-corrected chi connectivity index (χ3v) is 3.91. The van der Waals surface area contributed by atoms with Crippen molar-refractivity contribution in [1.29, 1.82) is 0 Å². The molecule has 2 aromatic carbocycles. The fraction of sp³-hybridized carbons (Fsp3) is 0. The van der Waals surface area contributed by atoms with Crippen molar-refractivity contribution in [2.45, 2.75) is 0 Å². The molecular formula is C13H8BrCl2N3. The molecule has 0 spiro atoms. The van der Waals surface area contributed by atoms with E-state index in [0.717, 1.165) is 15.5 Å². The molecule has 0 saturated heterocycles. The second kappa shape index (κ2) is 4.71. The van der Waals surface area contributed by atoms with Crippen LogP contribution in [-0.2, 0) is 0 Å². The average Bonchev–Trinajstić information content (AvgIpc) is 2.66. The molecule has 2 N–H and O–H groups in total. The maximum atomic E-state index is 6.23. The van der Waals surface area contributed by atoms with E-state index < -0.39 is 0 Å². The summed E-state index contributed by atoms with van der Waals surface area (Å²) in [7, 11) is 0. The summed E-state index contributed by atoms with van der Waals surface area (Å²) in [6.45, 7) is 0. The molecule has 0 unspecified atom stereocenters. The van der Waals surface area contributed by atoms with Crippen molar-refractivity contribution in [3.05, 3.63) is 50.9 Å². The minimum atomic E-state index is 0.350.